The maximum atomic E-state index is 14.0. The van der Waals surface area contributed by atoms with Crippen molar-refractivity contribution in [3.8, 4) is 0 Å². The maximum Gasteiger partial charge on any atom is 1.00 e. The van der Waals surface area contributed by atoms with Crippen molar-refractivity contribution in [1.29, 1.82) is 0 Å². The minimum Gasteiger partial charge on any atom is -0.748 e. The van der Waals surface area contributed by atoms with E-state index in [0.29, 0.717) is 32.1 Å². The molecule has 0 aliphatic heterocycles. The zero-order valence-electron chi connectivity index (χ0n) is 81.8. The van der Waals surface area contributed by atoms with Crippen LogP contribution in [0.4, 0.5) is 0 Å². The average Bonchev–Trinajstić information content (AvgIpc) is 0.778. The summed E-state index contributed by atoms with van der Waals surface area (Å²) in [7, 11) is -23.6. The summed E-state index contributed by atoms with van der Waals surface area (Å²) >= 11 is 0. The molecule has 0 aromatic rings. The molecule has 0 N–H and O–H groups in total. The molecular weight excluding hydrogens is 1640 g/mol. The van der Waals surface area contributed by atoms with Crippen molar-refractivity contribution in [1.82, 2.24) is 0 Å². The van der Waals surface area contributed by atoms with Crippen LogP contribution in [0.2, 0.25) is 0 Å². The molecule has 0 radical (unpaired) electrons. The summed E-state index contributed by atoms with van der Waals surface area (Å²) in [5.41, 5.74) is 0. The largest absolute Gasteiger partial charge is 1.00 e. The summed E-state index contributed by atoms with van der Waals surface area (Å²) < 4.78 is 165. The monoisotopic (exact) mass is 1840 g/mol. The van der Waals surface area contributed by atoms with Gasteiger partial charge in [-0.1, -0.05) is 580 Å². The van der Waals surface area contributed by atoms with E-state index in [2.05, 4.69) is 34.6 Å². The van der Waals surface area contributed by atoms with Gasteiger partial charge in [0.05, 0.1) is 33.1 Å². The second kappa shape index (κ2) is 96.1. The van der Waals surface area contributed by atoms with Gasteiger partial charge in [0.15, 0.2) is 0 Å². The Balaban J connectivity index is -0.00000485. The Hall–Kier alpha value is 0.550. The van der Waals surface area contributed by atoms with E-state index in [1.807, 2.05) is 0 Å². The zero-order valence-corrected chi connectivity index (χ0v) is 87.9. The third kappa shape index (κ3) is 103. The average molecular weight is 1840 g/mol. The molecule has 15 nitrogen and oxygen atoms in total. The molecule has 0 aliphatic carbocycles. The van der Waals surface area contributed by atoms with Gasteiger partial charge in [-0.25, -0.2) is 8.42 Å². The van der Waals surface area contributed by atoms with Crippen molar-refractivity contribution in [2.24, 2.45) is 0 Å². The van der Waals surface area contributed by atoms with Gasteiger partial charge in [-0.2, -0.15) is 50.4 Å². The van der Waals surface area contributed by atoms with Gasteiger partial charge < -0.3 is 4.55 Å². The van der Waals surface area contributed by atoms with Crippen molar-refractivity contribution >= 4 is 50.6 Å². The van der Waals surface area contributed by atoms with Crippen LogP contribution in [0.1, 0.15) is 612 Å². The van der Waals surface area contributed by atoms with E-state index in [-0.39, 0.29) is 61.0 Å². The molecular formula is C101H205NaO15S5. The second-order valence-electron chi connectivity index (χ2n) is 37.2. The third-order valence-corrected chi connectivity index (χ3v) is 30.4. The van der Waals surface area contributed by atoms with Gasteiger partial charge in [-0.15, -0.1) is 0 Å². The molecule has 0 heterocycles. The Morgan fingerprint density at radius 1 is 0.148 bits per heavy atom. The standard InChI is InChI=1S/C81H164O12S4.C20H42O3S.Na/c1-5-9-13-17-21-25-29-33-37-41-45-49-53-57-61-65-69-73-77-94(82,83)90-81(91-95(84,85)78-74-70-66-62-58-54-50-46-42-38-34-30-26-22-18-14-10-6-2,92-96(86,87)79-75-71-67-63-59-55-51-47-43-39-35-31-27-23-19-15-11-7-3)93-97(88,89)80-76-72-68-64-60-56-52-48-44-40-36-32-28-24-20-16-12-8-4;1-2-3-4-5-6-7-8-9-10-11-12-13-14-15-16-17-18-19-20-24(21,22)23;/h5-80H2,1-4H3;2-20H2,1H3,(H,21,22,23);/q;;+1/p-1. The van der Waals surface area contributed by atoms with Crippen LogP contribution < -0.4 is 29.6 Å². The van der Waals surface area contributed by atoms with E-state index in [1.54, 1.807) is 0 Å². The molecule has 21 heteroatoms. The molecule has 0 unspecified atom stereocenters. The first-order valence-corrected chi connectivity index (χ1v) is 61.2. The van der Waals surface area contributed by atoms with Crippen LogP contribution in [0.15, 0.2) is 0 Å². The minimum absolute atomic E-state index is 0. The molecule has 0 atom stereocenters. The van der Waals surface area contributed by atoms with Crippen LogP contribution in [0, 0.1) is 0 Å². The van der Waals surface area contributed by atoms with Crippen LogP contribution in [0.3, 0.4) is 0 Å². The molecule has 0 aromatic heterocycles. The smallest absolute Gasteiger partial charge is 0.748 e. The fourth-order valence-electron chi connectivity index (χ4n) is 16.8. The van der Waals surface area contributed by atoms with E-state index in [9.17, 15) is 46.6 Å². The van der Waals surface area contributed by atoms with E-state index in [0.717, 1.165) is 116 Å². The molecule has 0 spiro atoms. The topological polar surface area (TPSA) is 231 Å². The van der Waals surface area contributed by atoms with Crippen LogP contribution in [0.25, 0.3) is 0 Å². The van der Waals surface area contributed by atoms with Gasteiger partial charge >= 0.3 is 35.7 Å². The first kappa shape index (κ1) is 127. The number of unbranched alkanes of at least 4 members (excludes halogenated alkanes) is 85. The quantitative estimate of drug-likeness (QED) is 0.0181. The predicted molar refractivity (Wildman–Crippen MR) is 521 cm³/mol. The van der Waals surface area contributed by atoms with Crippen molar-refractivity contribution < 1.29 is 92.9 Å². The molecule has 0 aromatic carbocycles. The van der Waals surface area contributed by atoms with Gasteiger partial charge in [0.2, 0.25) is 0 Å². The molecule has 0 bridgehead atoms. The van der Waals surface area contributed by atoms with Gasteiger partial charge in [-0.3, -0.25) is 0 Å². The van der Waals surface area contributed by atoms with Crippen molar-refractivity contribution in [3.05, 3.63) is 0 Å². The summed E-state index contributed by atoms with van der Waals surface area (Å²) in [6.07, 6.45) is 99.4. The normalized spacial score (nSPS) is 12.4. The van der Waals surface area contributed by atoms with Gasteiger partial charge in [0.25, 0.3) is 40.5 Å². The minimum atomic E-state index is -4.91. The Bertz CT molecular complexity index is 2370. The molecule has 0 saturated carbocycles. The summed E-state index contributed by atoms with van der Waals surface area (Å²) in [5.74, 6) is -2.79. The Morgan fingerprint density at radius 2 is 0.230 bits per heavy atom. The molecule has 122 heavy (non-hydrogen) atoms. The van der Waals surface area contributed by atoms with Gasteiger partial charge in [0.1, 0.15) is 0 Å². The van der Waals surface area contributed by atoms with E-state index in [1.165, 1.54) is 405 Å². The summed E-state index contributed by atoms with van der Waals surface area (Å²) in [5, 5.41) is 0. The summed E-state index contributed by atoms with van der Waals surface area (Å²) in [6, 6.07) is 0. The summed E-state index contributed by atoms with van der Waals surface area (Å²) in [6.45, 7) is 11.3. The Morgan fingerprint density at radius 3 is 0.320 bits per heavy atom. The van der Waals surface area contributed by atoms with Gasteiger partial charge in [0, 0.05) is 5.75 Å². The van der Waals surface area contributed by atoms with Gasteiger partial charge in [-0.05, 0) is 32.1 Å². The van der Waals surface area contributed by atoms with Crippen LogP contribution in [0.5, 0.6) is 0 Å². The van der Waals surface area contributed by atoms with E-state index >= 15 is 0 Å². The number of hydrogen-bond acceptors (Lipinski definition) is 15. The van der Waals surface area contributed by atoms with Crippen LogP contribution >= 0.6 is 0 Å². The molecule has 0 aliphatic rings. The Labute approximate surface area is 784 Å². The fourth-order valence-corrected chi connectivity index (χ4v) is 21.8. The molecule has 0 rings (SSSR count). The van der Waals surface area contributed by atoms with Crippen molar-refractivity contribution in [3.63, 3.8) is 0 Å². The van der Waals surface area contributed by atoms with E-state index < -0.39 is 79.8 Å². The molecule has 0 amide bonds. The molecule has 730 valence electrons. The first-order valence-electron chi connectivity index (χ1n) is 53.3. The maximum absolute atomic E-state index is 14.0. The molecule has 0 saturated heterocycles. The van der Waals surface area contributed by atoms with Crippen LogP contribution in [-0.2, 0) is 67.3 Å². The van der Waals surface area contributed by atoms with Crippen molar-refractivity contribution in [2.45, 2.75) is 619 Å². The zero-order chi connectivity index (χ0) is 89.0. The second-order valence-corrected chi connectivity index (χ2v) is 45.5. The van der Waals surface area contributed by atoms with Crippen LogP contribution in [-0.4, -0.2) is 81.6 Å². The predicted octanol–water partition coefficient (Wildman–Crippen LogP) is 30.7. The first-order chi connectivity index (χ1) is 58.6. The fraction of sp³-hybridized carbons (Fsp3) is 1.00. The summed E-state index contributed by atoms with van der Waals surface area (Å²) in [4.78, 5) is 0. The van der Waals surface area contributed by atoms with E-state index in [4.69, 9.17) is 16.7 Å². The van der Waals surface area contributed by atoms with Crippen molar-refractivity contribution in [2.75, 3.05) is 28.8 Å². The third-order valence-electron chi connectivity index (χ3n) is 24.7. The SMILES string of the molecule is CCCCCCCCCCCCCCCCCCCCS(=O)(=O)OC(OS(=O)(=O)CCCCCCCCCCCCCCCCCCCC)(OS(=O)(=O)CCCCCCCCCCCCCCCCCCCC)OS(=O)(=O)CCCCCCCCCCCCCCCCCCCC.CCCCCCCCCCCCCCCCCCCCS(=O)(=O)[O-].[Na+]. The Kier molecular flexibility index (Phi) is 99.8. The number of hydrogen-bond donors (Lipinski definition) is 0. The number of rotatable bonds is 103. The molecule has 0 fully saturated rings.